The number of aromatic hydroxyl groups is 1. The minimum absolute atomic E-state index is 0.126. The highest BCUT2D eigenvalue weighted by Gasteiger charge is 2.12. The lowest BCUT2D eigenvalue weighted by atomic mass is 10.2. The molecule has 1 amide bonds. The Bertz CT molecular complexity index is 680. The van der Waals surface area contributed by atoms with E-state index >= 15 is 0 Å². The van der Waals surface area contributed by atoms with Gasteiger partial charge in [-0.3, -0.25) is 4.79 Å². The molecule has 0 aliphatic heterocycles. The number of benzene rings is 1. The summed E-state index contributed by atoms with van der Waals surface area (Å²) in [6, 6.07) is 7.26. The van der Waals surface area contributed by atoms with Gasteiger partial charge in [-0.2, -0.15) is 0 Å². The van der Waals surface area contributed by atoms with Crippen molar-refractivity contribution in [2.75, 3.05) is 11.9 Å². The van der Waals surface area contributed by atoms with Crippen LogP contribution in [0.3, 0.4) is 0 Å². The number of nitrogens with one attached hydrogen (secondary N) is 1. The molecule has 2 rings (SSSR count). The van der Waals surface area contributed by atoms with Crippen LogP contribution in [0, 0.1) is 5.82 Å². The first-order valence-corrected chi connectivity index (χ1v) is 6.13. The van der Waals surface area contributed by atoms with E-state index in [1.807, 2.05) is 0 Å². The van der Waals surface area contributed by atoms with E-state index in [4.69, 9.17) is 9.84 Å². The summed E-state index contributed by atoms with van der Waals surface area (Å²) in [5.74, 6) is -1.99. The Morgan fingerprint density at radius 2 is 2.09 bits per heavy atom. The van der Waals surface area contributed by atoms with E-state index in [-0.39, 0.29) is 23.0 Å². The van der Waals surface area contributed by atoms with Crippen molar-refractivity contribution in [3.63, 3.8) is 0 Å². The molecule has 0 unspecified atom stereocenters. The smallest absolute Gasteiger partial charge is 0.274 e. The van der Waals surface area contributed by atoms with Gasteiger partial charge in [0.25, 0.3) is 12.3 Å². The van der Waals surface area contributed by atoms with Crippen LogP contribution in [-0.2, 0) is 0 Å². The monoisotopic (exact) mass is 312 g/mol. The number of phenolic OH excluding ortho intramolecular Hbond substituents is 1. The van der Waals surface area contributed by atoms with Crippen LogP contribution in [0.25, 0.3) is 0 Å². The molecule has 2 N–H and O–H groups in total. The fourth-order valence-corrected chi connectivity index (χ4v) is 1.56. The van der Waals surface area contributed by atoms with Crippen LogP contribution in [0.5, 0.6) is 11.6 Å². The number of rotatable bonds is 5. The second-order valence-electron chi connectivity index (χ2n) is 4.18. The number of aromatic nitrogens is 1. The number of amides is 1. The summed E-state index contributed by atoms with van der Waals surface area (Å²) in [6.07, 6.45) is -2.66. The molecular weight excluding hydrogens is 301 g/mol. The van der Waals surface area contributed by atoms with Gasteiger partial charge in [0.1, 0.15) is 17.3 Å². The van der Waals surface area contributed by atoms with Crippen molar-refractivity contribution in [2.45, 2.75) is 6.43 Å². The topological polar surface area (TPSA) is 71.5 Å². The lowest BCUT2D eigenvalue weighted by Gasteiger charge is -2.08. The Morgan fingerprint density at radius 3 is 2.77 bits per heavy atom. The molecule has 8 heteroatoms. The second kappa shape index (κ2) is 6.79. The number of anilines is 1. The zero-order valence-electron chi connectivity index (χ0n) is 11.1. The summed E-state index contributed by atoms with van der Waals surface area (Å²) in [6.45, 7) is -0.843. The molecule has 0 aliphatic rings. The second-order valence-corrected chi connectivity index (χ2v) is 4.18. The fourth-order valence-electron chi connectivity index (χ4n) is 1.56. The van der Waals surface area contributed by atoms with Gasteiger partial charge in [-0.05, 0) is 18.2 Å². The Hall–Kier alpha value is -2.77. The minimum Gasteiger partial charge on any atom is -0.508 e. The van der Waals surface area contributed by atoms with Crippen molar-refractivity contribution >= 4 is 11.6 Å². The van der Waals surface area contributed by atoms with Crippen molar-refractivity contribution in [1.29, 1.82) is 0 Å². The van der Waals surface area contributed by atoms with Gasteiger partial charge in [-0.1, -0.05) is 6.07 Å². The highest BCUT2D eigenvalue weighted by atomic mass is 19.3. The van der Waals surface area contributed by atoms with E-state index in [2.05, 4.69) is 10.3 Å². The highest BCUT2D eigenvalue weighted by Crippen LogP contribution is 2.20. The van der Waals surface area contributed by atoms with E-state index in [9.17, 15) is 18.0 Å². The summed E-state index contributed by atoms with van der Waals surface area (Å²) >= 11 is 0. The van der Waals surface area contributed by atoms with Crippen LogP contribution >= 0.6 is 0 Å². The number of nitrogens with zero attached hydrogens (tertiary/aromatic N) is 1. The molecule has 1 heterocycles. The van der Waals surface area contributed by atoms with Gasteiger partial charge in [-0.25, -0.2) is 18.2 Å². The first kappa shape index (κ1) is 15.6. The molecule has 0 spiro atoms. The number of hydrogen-bond acceptors (Lipinski definition) is 4. The van der Waals surface area contributed by atoms with E-state index in [1.165, 1.54) is 30.3 Å². The molecule has 0 saturated carbocycles. The van der Waals surface area contributed by atoms with Crippen LogP contribution < -0.4 is 10.1 Å². The molecule has 0 fully saturated rings. The number of alkyl halides is 2. The first-order chi connectivity index (χ1) is 10.5. The predicted octanol–water partition coefficient (Wildman–Crippen LogP) is 2.82. The molecule has 0 radical (unpaired) electrons. The maximum absolute atomic E-state index is 13.5. The molecule has 0 atom stereocenters. The summed E-state index contributed by atoms with van der Waals surface area (Å²) < 4.78 is 42.3. The quantitative estimate of drug-likeness (QED) is 0.833. The van der Waals surface area contributed by atoms with Gasteiger partial charge in [-0.15, -0.1) is 0 Å². The van der Waals surface area contributed by atoms with E-state index < -0.39 is 24.8 Å². The molecule has 0 aliphatic carbocycles. The van der Waals surface area contributed by atoms with Crippen LogP contribution in [0.1, 0.15) is 10.5 Å². The number of ether oxygens (including phenoxy) is 1. The Kier molecular flexibility index (Phi) is 4.82. The van der Waals surface area contributed by atoms with Crippen LogP contribution in [0.15, 0.2) is 36.4 Å². The lowest BCUT2D eigenvalue weighted by molar-refractivity contribution is 0.0794. The number of halogens is 3. The van der Waals surface area contributed by atoms with E-state index in [1.54, 1.807) is 0 Å². The third-order valence-electron chi connectivity index (χ3n) is 2.51. The Morgan fingerprint density at radius 1 is 1.32 bits per heavy atom. The average Bonchev–Trinajstić information content (AvgIpc) is 2.48. The summed E-state index contributed by atoms with van der Waals surface area (Å²) in [7, 11) is 0. The summed E-state index contributed by atoms with van der Waals surface area (Å²) in [5, 5.41) is 11.3. The van der Waals surface area contributed by atoms with E-state index in [0.29, 0.717) is 0 Å². The van der Waals surface area contributed by atoms with Crippen molar-refractivity contribution in [3.8, 4) is 11.6 Å². The van der Waals surface area contributed by atoms with Crippen molar-refractivity contribution < 1.29 is 27.8 Å². The van der Waals surface area contributed by atoms with Crippen LogP contribution in [0.2, 0.25) is 0 Å². The summed E-state index contributed by atoms with van der Waals surface area (Å²) in [5.41, 5.74) is -0.275. The molecule has 0 bridgehead atoms. The molecule has 116 valence electrons. The predicted molar refractivity (Wildman–Crippen MR) is 71.8 cm³/mol. The lowest BCUT2D eigenvalue weighted by Crippen LogP contribution is -2.15. The Labute approximate surface area is 123 Å². The summed E-state index contributed by atoms with van der Waals surface area (Å²) in [4.78, 5) is 15.7. The molecule has 5 nitrogen and oxygen atoms in total. The average molecular weight is 312 g/mol. The third kappa shape index (κ3) is 4.11. The SMILES string of the molecule is O=C(Nc1ccc(O)cc1F)c1cccc(OCC(F)F)n1. The zero-order valence-corrected chi connectivity index (χ0v) is 11.1. The third-order valence-corrected chi connectivity index (χ3v) is 2.51. The molecule has 1 aromatic heterocycles. The highest BCUT2D eigenvalue weighted by molar-refractivity contribution is 6.03. The van der Waals surface area contributed by atoms with Gasteiger partial charge in [0.15, 0.2) is 6.61 Å². The first-order valence-electron chi connectivity index (χ1n) is 6.13. The molecule has 22 heavy (non-hydrogen) atoms. The molecular formula is C14H11F3N2O3. The van der Waals surface area contributed by atoms with Gasteiger partial charge >= 0.3 is 0 Å². The number of carbonyl (C=O) groups is 1. The van der Waals surface area contributed by atoms with Crippen LogP contribution in [0.4, 0.5) is 18.9 Å². The van der Waals surface area contributed by atoms with Gasteiger partial charge in [0.2, 0.25) is 5.88 Å². The van der Waals surface area contributed by atoms with Gasteiger partial charge in [0.05, 0.1) is 5.69 Å². The van der Waals surface area contributed by atoms with Gasteiger partial charge < -0.3 is 15.2 Å². The maximum atomic E-state index is 13.5. The zero-order chi connectivity index (χ0) is 16.1. The minimum atomic E-state index is -2.66. The van der Waals surface area contributed by atoms with E-state index in [0.717, 1.165) is 6.07 Å². The fraction of sp³-hybridized carbons (Fsp3) is 0.143. The number of pyridine rings is 1. The molecule has 2 aromatic rings. The normalized spacial score (nSPS) is 10.5. The van der Waals surface area contributed by atoms with Gasteiger partial charge in [0, 0.05) is 12.1 Å². The largest absolute Gasteiger partial charge is 0.508 e. The molecule has 1 aromatic carbocycles. The van der Waals surface area contributed by atoms with Crippen LogP contribution in [-0.4, -0.2) is 29.0 Å². The number of carbonyl (C=O) groups excluding carboxylic acids is 1. The number of phenols is 1. The standard InChI is InChI=1S/C14H11F3N2O3/c15-9-6-8(20)4-5-10(9)19-14(21)11-2-1-3-13(18-11)22-7-12(16)17/h1-6,12,20H,7H2,(H,19,21). The maximum Gasteiger partial charge on any atom is 0.274 e. The van der Waals surface area contributed by atoms with Crippen molar-refractivity contribution in [2.24, 2.45) is 0 Å². The van der Waals surface area contributed by atoms with Crippen molar-refractivity contribution in [1.82, 2.24) is 4.98 Å². The Balaban J connectivity index is 2.10. The number of hydrogen-bond donors (Lipinski definition) is 2. The van der Waals surface area contributed by atoms with Crippen molar-refractivity contribution in [3.05, 3.63) is 47.9 Å². The molecule has 0 saturated heterocycles.